The molecular formula is C108H131F6N21O8. The molecule has 35 heteroatoms. The van der Waals surface area contributed by atoms with Crippen molar-refractivity contribution in [1.82, 2.24) is 84.6 Å². The molecule has 22 rings (SSSR count). The second kappa shape index (κ2) is 48.8. The van der Waals surface area contributed by atoms with Gasteiger partial charge in [0.2, 0.25) is 5.82 Å². The van der Waals surface area contributed by atoms with Crippen LogP contribution < -0.4 is 38.5 Å². The van der Waals surface area contributed by atoms with E-state index < -0.39 is 23.7 Å². The maximum Gasteiger partial charge on any atom is 0.451 e. The van der Waals surface area contributed by atoms with Crippen molar-refractivity contribution in [3.05, 3.63) is 199 Å². The number of morpholine rings is 4. The van der Waals surface area contributed by atoms with Crippen molar-refractivity contribution in [2.45, 2.75) is 210 Å². The van der Waals surface area contributed by atoms with Crippen LogP contribution in [0.5, 0.6) is 23.0 Å². The number of halogens is 6. The summed E-state index contributed by atoms with van der Waals surface area (Å²) in [6, 6.07) is 17.9. The highest BCUT2D eigenvalue weighted by Gasteiger charge is 2.37. The van der Waals surface area contributed by atoms with Crippen molar-refractivity contribution in [2.75, 3.05) is 164 Å². The number of hydrogen-bond acceptors (Lipinski definition) is 29. The summed E-state index contributed by atoms with van der Waals surface area (Å²) >= 11 is 0. The third-order valence-electron chi connectivity index (χ3n) is 29.6. The van der Waals surface area contributed by atoms with Gasteiger partial charge in [-0.3, -0.25) is 24.9 Å². The minimum atomic E-state index is -4.51. The van der Waals surface area contributed by atoms with Gasteiger partial charge in [-0.15, -0.1) is 0 Å². The zero-order valence-electron chi connectivity index (χ0n) is 81.6. The summed E-state index contributed by atoms with van der Waals surface area (Å²) in [5.41, 5.74) is 14.2. The first-order chi connectivity index (χ1) is 70.0. The number of pyridine rings is 1. The molecule has 4 aromatic carbocycles. The molecule has 8 aromatic heterocycles. The molecule has 0 N–H and O–H groups in total. The summed E-state index contributed by atoms with van der Waals surface area (Å²) in [6.45, 7) is 19.9. The van der Waals surface area contributed by atoms with Crippen molar-refractivity contribution >= 4 is 66.9 Å². The molecule has 6 aliphatic heterocycles. The second-order valence-corrected chi connectivity index (χ2v) is 39.7. The van der Waals surface area contributed by atoms with Gasteiger partial charge in [0.05, 0.1) is 105 Å². The third-order valence-corrected chi connectivity index (χ3v) is 29.6. The summed E-state index contributed by atoms with van der Waals surface area (Å²) in [5, 5.41) is 0. The van der Waals surface area contributed by atoms with E-state index >= 15 is 0 Å². The van der Waals surface area contributed by atoms with Crippen LogP contribution in [0.1, 0.15) is 180 Å². The van der Waals surface area contributed by atoms with E-state index in [1.807, 2.05) is 36.7 Å². The molecule has 0 spiro atoms. The van der Waals surface area contributed by atoms with Crippen LogP contribution in [0.25, 0.3) is 44.1 Å². The Bertz CT molecular complexity index is 6020. The summed E-state index contributed by atoms with van der Waals surface area (Å²) in [4.78, 5) is 80.3. The number of rotatable bonds is 26. The molecule has 4 aliphatic carbocycles. The number of piperidine rings is 1. The smallest absolute Gasteiger partial charge is 0.451 e. The zero-order valence-corrected chi connectivity index (χ0v) is 81.6. The average molecular weight is 1970 g/mol. The normalized spacial score (nSPS) is 22.3. The van der Waals surface area contributed by atoms with Crippen molar-refractivity contribution in [3.63, 3.8) is 0 Å². The van der Waals surface area contributed by atoms with E-state index in [9.17, 15) is 26.3 Å². The molecular weight excluding hydrogens is 1830 g/mol. The minimum absolute atomic E-state index is 0.0426. The Balaban J connectivity index is 0.000000121. The van der Waals surface area contributed by atoms with Crippen molar-refractivity contribution in [3.8, 4) is 23.0 Å². The molecule has 4 saturated carbocycles. The van der Waals surface area contributed by atoms with E-state index in [1.54, 1.807) is 55.8 Å². The minimum Gasteiger partial charge on any atom is -0.488 e. The van der Waals surface area contributed by atoms with Crippen molar-refractivity contribution < 1.29 is 64.2 Å². The van der Waals surface area contributed by atoms with Gasteiger partial charge in [0.1, 0.15) is 56.7 Å². The van der Waals surface area contributed by atoms with Crippen LogP contribution in [-0.4, -0.2) is 253 Å². The van der Waals surface area contributed by atoms with Crippen molar-refractivity contribution in [2.24, 2.45) is 23.7 Å². The molecule has 12 aromatic rings. The fourth-order valence-corrected chi connectivity index (χ4v) is 21.6. The molecule has 6 saturated heterocycles. The molecule has 0 bridgehead atoms. The average Bonchev–Trinajstić information content (AvgIpc) is 0.925. The van der Waals surface area contributed by atoms with E-state index in [4.69, 9.17) is 57.8 Å². The maximum absolute atomic E-state index is 13.0. The van der Waals surface area contributed by atoms with Crippen LogP contribution >= 0.6 is 0 Å². The highest BCUT2D eigenvalue weighted by Crippen LogP contribution is 2.42. The standard InChI is InChI=1S/C30H40N6O2.C29H38N6O2.C25H27F3N4O2.C24H26F3N5O2/c1-2-11-35(12-3-1)13-8-24-21-33-29(34-22-24)18-23-4-6-26(7-5-23)38-28-20-25(36-14-16-37-17-15-36)19-27-30(28)32-10-9-31-27;1-2-11-34(10-1)12-7-23-20-32-28(33-21-23)17-22-3-5-25(6-4-22)37-27-19-24(35-13-15-36-16-14-35)18-26-29(27)31-9-8-30-26;26-25(27,28)19-12-18(15-29-16-19)11-17-1-3-21(4-2-17)34-23-14-20(32-7-9-33-10-8-32)13-22-24(23)31-6-5-30-22;25-24(26,27)23-30-14-17(15-31-23)11-16-1-3-19(4-2-16)34-21-13-18(32-7-9-33-10-8-32)12-20-22(21)29-6-5-28-20/h9-10,19-23,26H,1-8,11-18H2;8-9,18-22,25H,1-7,10-17H2;5-6,12-17,21H,1-4,7-11H2;5-6,12-16,19H,1-4,7-11H2. The van der Waals surface area contributed by atoms with Gasteiger partial charge >= 0.3 is 12.4 Å². The van der Waals surface area contributed by atoms with Crippen LogP contribution in [0.2, 0.25) is 0 Å². The summed E-state index contributed by atoms with van der Waals surface area (Å²) in [7, 11) is 0. The van der Waals surface area contributed by atoms with Gasteiger partial charge in [-0.05, 0) is 257 Å². The van der Waals surface area contributed by atoms with Crippen LogP contribution in [0.4, 0.5) is 49.1 Å². The number of alkyl halides is 6. The quantitative estimate of drug-likeness (QED) is 0.0455. The molecule has 0 unspecified atom stereocenters. The zero-order chi connectivity index (χ0) is 97.5. The lowest BCUT2D eigenvalue weighted by Gasteiger charge is -2.31. The molecule has 29 nitrogen and oxygen atoms in total. The molecule has 10 fully saturated rings. The van der Waals surface area contributed by atoms with E-state index in [1.165, 1.54) is 87.9 Å². The Hall–Kier alpha value is -11.6. The number of likely N-dealkylation sites (tertiary alicyclic amines) is 2. The molecule has 143 heavy (non-hydrogen) atoms. The number of aromatic nitrogens is 15. The summed E-state index contributed by atoms with van der Waals surface area (Å²) in [6.07, 6.45) is 46.4. The number of ether oxygens (including phenoxy) is 8. The van der Waals surface area contributed by atoms with Gasteiger partial charge in [-0.25, -0.2) is 49.8 Å². The van der Waals surface area contributed by atoms with Gasteiger partial charge in [0.15, 0.2) is 0 Å². The number of nitrogens with zero attached hydrogens (tertiary/aromatic N) is 21. The first kappa shape index (κ1) is 100. The largest absolute Gasteiger partial charge is 0.488 e. The van der Waals surface area contributed by atoms with Gasteiger partial charge in [-0.1, -0.05) is 6.42 Å². The Kier molecular flexibility index (Phi) is 34.2. The van der Waals surface area contributed by atoms with Gasteiger partial charge in [-0.2, -0.15) is 26.3 Å². The number of fused-ring (bicyclic) bond motifs is 4. The SMILES string of the molecule is FC(F)(F)c1cncc(CC2CCC(Oc3cc(N4CCOCC4)cc4nccnc34)CC2)c1.FC(F)(F)c1ncc(CC2CCC(Oc3cc(N4CCOCC4)cc4nccnc34)CC2)cn1.c1cnc2c(OC3CCC(Cc4ncc(CCN5CCCC5)cn4)CC3)cc(N3CCOCC3)cc2n1.c1cnc2c(OC3CCC(Cc4ncc(CCN5CCCCC5)cn4)CC3)cc(N3CCOCC3)cc2n1. The fraction of sp³-hybridized carbons (Fsp3) is 0.546. The number of hydrogen-bond donors (Lipinski definition) is 0. The Morgan fingerprint density at radius 3 is 0.867 bits per heavy atom. The van der Waals surface area contributed by atoms with Gasteiger partial charge in [0.25, 0.3) is 0 Å². The predicted octanol–water partition coefficient (Wildman–Crippen LogP) is 18.1. The number of anilines is 4. The highest BCUT2D eigenvalue weighted by atomic mass is 19.4. The van der Waals surface area contributed by atoms with E-state index in [2.05, 4.69) is 121 Å². The van der Waals surface area contributed by atoms with Crippen LogP contribution in [-0.2, 0) is 69.8 Å². The lowest BCUT2D eigenvalue weighted by Crippen LogP contribution is -2.36. The molecule has 0 radical (unpaired) electrons. The second-order valence-electron chi connectivity index (χ2n) is 39.7. The highest BCUT2D eigenvalue weighted by molar-refractivity contribution is 5.88. The van der Waals surface area contributed by atoms with Crippen LogP contribution in [0.15, 0.2) is 154 Å². The summed E-state index contributed by atoms with van der Waals surface area (Å²) < 4.78 is 125. The molecule has 10 aliphatic rings. The maximum atomic E-state index is 13.0. The first-order valence-electron chi connectivity index (χ1n) is 51.9. The van der Waals surface area contributed by atoms with Gasteiger partial charge < -0.3 is 67.3 Å². The van der Waals surface area contributed by atoms with E-state index in [0.29, 0.717) is 68.5 Å². The Morgan fingerprint density at radius 2 is 0.559 bits per heavy atom. The third kappa shape index (κ3) is 27.9. The molecule has 0 amide bonds. The monoisotopic (exact) mass is 1960 g/mol. The molecule has 14 heterocycles. The molecule has 0 atom stereocenters. The fourth-order valence-electron chi connectivity index (χ4n) is 21.6. The van der Waals surface area contributed by atoms with Crippen molar-refractivity contribution in [1.29, 1.82) is 0 Å². The summed E-state index contributed by atoms with van der Waals surface area (Å²) in [5.74, 6) is 5.97. The number of benzene rings is 4. The lowest BCUT2D eigenvalue weighted by atomic mass is 9.83. The lowest BCUT2D eigenvalue weighted by molar-refractivity contribution is -0.145. The Morgan fingerprint density at radius 1 is 0.273 bits per heavy atom. The molecule has 758 valence electrons. The predicted molar refractivity (Wildman–Crippen MR) is 534 cm³/mol. The van der Waals surface area contributed by atoms with E-state index in [-0.39, 0.29) is 24.4 Å². The van der Waals surface area contributed by atoms with Crippen LogP contribution in [0, 0.1) is 23.7 Å². The Labute approximate surface area is 831 Å². The topological polar surface area (TPSA) is 287 Å². The first-order valence-corrected chi connectivity index (χ1v) is 51.9. The van der Waals surface area contributed by atoms with E-state index in [0.717, 1.165) is 334 Å². The van der Waals surface area contributed by atoms with Crippen LogP contribution in [0.3, 0.4) is 0 Å². The van der Waals surface area contributed by atoms with Gasteiger partial charge in [0, 0.05) is 224 Å².